The minimum Gasteiger partial charge on any atom is -0.322 e. The topological polar surface area (TPSA) is 41.1 Å². The Hall–Kier alpha value is -1.36. The lowest BCUT2D eigenvalue weighted by atomic mass is 9.99. The van der Waals surface area contributed by atoms with Crippen LogP contribution in [0.2, 0.25) is 5.02 Å². The second-order valence-corrected chi connectivity index (χ2v) is 6.24. The van der Waals surface area contributed by atoms with Gasteiger partial charge in [-0.15, -0.1) is 0 Å². The largest absolute Gasteiger partial charge is 0.322 e. The van der Waals surface area contributed by atoms with Gasteiger partial charge in [-0.25, -0.2) is 0 Å². The standard InChI is InChI=1S/C16H14BrClN2O/c17-14-8-11(18)4-5-13(14)16(21)20-15-3-1-2-10-9-19-7-6-12(10)15/h1-5,8,19H,6-7,9H2,(H,20,21). The molecule has 5 heteroatoms. The molecule has 1 aliphatic rings. The van der Waals surface area contributed by atoms with Gasteiger partial charge in [0.25, 0.3) is 5.91 Å². The Morgan fingerprint density at radius 1 is 1.29 bits per heavy atom. The van der Waals surface area contributed by atoms with Gasteiger partial charge in [-0.1, -0.05) is 23.7 Å². The minimum absolute atomic E-state index is 0.134. The molecule has 0 radical (unpaired) electrons. The van der Waals surface area contributed by atoms with E-state index in [9.17, 15) is 4.79 Å². The molecule has 3 nitrogen and oxygen atoms in total. The summed E-state index contributed by atoms with van der Waals surface area (Å²) in [6.45, 7) is 1.79. The fourth-order valence-electron chi connectivity index (χ4n) is 2.51. The van der Waals surface area contributed by atoms with Crippen molar-refractivity contribution in [3.63, 3.8) is 0 Å². The van der Waals surface area contributed by atoms with Crippen LogP contribution in [0.25, 0.3) is 0 Å². The van der Waals surface area contributed by atoms with Crippen molar-refractivity contribution in [3.8, 4) is 0 Å². The molecule has 0 saturated heterocycles. The van der Waals surface area contributed by atoms with Crippen molar-refractivity contribution >= 4 is 39.1 Å². The van der Waals surface area contributed by atoms with E-state index < -0.39 is 0 Å². The number of anilines is 1. The smallest absolute Gasteiger partial charge is 0.256 e. The van der Waals surface area contributed by atoms with E-state index in [0.717, 1.165) is 25.2 Å². The Balaban J connectivity index is 1.88. The number of amides is 1. The first-order chi connectivity index (χ1) is 10.1. The van der Waals surface area contributed by atoms with Crippen LogP contribution in [0.5, 0.6) is 0 Å². The van der Waals surface area contributed by atoms with Crippen molar-refractivity contribution < 1.29 is 4.79 Å². The number of benzene rings is 2. The molecule has 3 rings (SSSR count). The predicted molar refractivity (Wildman–Crippen MR) is 89.0 cm³/mol. The third-order valence-electron chi connectivity index (χ3n) is 3.56. The number of carbonyl (C=O) groups excluding carboxylic acids is 1. The molecule has 0 saturated carbocycles. The average Bonchev–Trinajstić information content (AvgIpc) is 2.47. The van der Waals surface area contributed by atoms with E-state index in [2.05, 4.69) is 32.6 Å². The van der Waals surface area contributed by atoms with Crippen molar-refractivity contribution in [2.24, 2.45) is 0 Å². The fraction of sp³-hybridized carbons (Fsp3) is 0.188. The predicted octanol–water partition coefficient (Wildman–Crippen LogP) is 4.00. The quantitative estimate of drug-likeness (QED) is 0.844. The average molecular weight is 366 g/mol. The number of halogens is 2. The maximum Gasteiger partial charge on any atom is 0.256 e. The fourth-order valence-corrected chi connectivity index (χ4v) is 3.38. The molecular weight excluding hydrogens is 352 g/mol. The van der Waals surface area contributed by atoms with E-state index in [1.807, 2.05) is 12.1 Å². The lowest BCUT2D eigenvalue weighted by Crippen LogP contribution is -2.25. The third kappa shape index (κ3) is 3.12. The number of nitrogens with one attached hydrogen (secondary N) is 2. The third-order valence-corrected chi connectivity index (χ3v) is 4.46. The molecule has 1 amide bonds. The van der Waals surface area contributed by atoms with E-state index in [1.54, 1.807) is 18.2 Å². The molecule has 0 bridgehead atoms. The molecule has 0 aliphatic carbocycles. The second-order valence-electron chi connectivity index (χ2n) is 4.95. The van der Waals surface area contributed by atoms with Crippen molar-refractivity contribution in [1.82, 2.24) is 5.32 Å². The van der Waals surface area contributed by atoms with Crippen LogP contribution in [0.1, 0.15) is 21.5 Å². The van der Waals surface area contributed by atoms with Crippen LogP contribution >= 0.6 is 27.5 Å². The monoisotopic (exact) mass is 364 g/mol. The van der Waals surface area contributed by atoms with Crippen LogP contribution < -0.4 is 10.6 Å². The highest BCUT2D eigenvalue weighted by Gasteiger charge is 2.16. The summed E-state index contributed by atoms with van der Waals surface area (Å²) in [5.41, 5.74) is 3.93. The Morgan fingerprint density at radius 3 is 2.95 bits per heavy atom. The van der Waals surface area contributed by atoms with E-state index in [-0.39, 0.29) is 5.91 Å². The van der Waals surface area contributed by atoms with Gasteiger partial charge in [0.2, 0.25) is 0 Å². The maximum absolute atomic E-state index is 12.4. The normalized spacial score (nSPS) is 13.6. The van der Waals surface area contributed by atoms with Gasteiger partial charge in [0.1, 0.15) is 0 Å². The summed E-state index contributed by atoms with van der Waals surface area (Å²) in [6.07, 6.45) is 0.924. The first kappa shape index (κ1) is 14.6. The zero-order chi connectivity index (χ0) is 14.8. The Kier molecular flexibility index (Phi) is 4.29. The SMILES string of the molecule is O=C(Nc1cccc2c1CCNC2)c1ccc(Cl)cc1Br. The van der Waals surface area contributed by atoms with Crippen LogP contribution in [0.4, 0.5) is 5.69 Å². The van der Waals surface area contributed by atoms with Gasteiger partial charge in [0.15, 0.2) is 0 Å². The molecule has 2 aromatic rings. The van der Waals surface area contributed by atoms with E-state index in [1.165, 1.54) is 11.1 Å². The summed E-state index contributed by atoms with van der Waals surface area (Å²) in [5.74, 6) is -0.134. The first-order valence-electron chi connectivity index (χ1n) is 6.73. The molecule has 2 aromatic carbocycles. The number of fused-ring (bicyclic) bond motifs is 1. The highest BCUT2D eigenvalue weighted by Crippen LogP contribution is 2.26. The lowest BCUT2D eigenvalue weighted by Gasteiger charge is -2.20. The highest BCUT2D eigenvalue weighted by atomic mass is 79.9. The first-order valence-corrected chi connectivity index (χ1v) is 7.90. The highest BCUT2D eigenvalue weighted by molar-refractivity contribution is 9.10. The molecule has 0 spiro atoms. The van der Waals surface area contributed by atoms with Crippen molar-refractivity contribution in [2.75, 3.05) is 11.9 Å². The summed E-state index contributed by atoms with van der Waals surface area (Å²) >= 11 is 9.29. The summed E-state index contributed by atoms with van der Waals surface area (Å²) < 4.78 is 0.693. The maximum atomic E-state index is 12.4. The van der Waals surface area contributed by atoms with E-state index >= 15 is 0 Å². The summed E-state index contributed by atoms with van der Waals surface area (Å²) in [7, 11) is 0. The van der Waals surface area contributed by atoms with Crippen LogP contribution in [-0.4, -0.2) is 12.5 Å². The minimum atomic E-state index is -0.134. The van der Waals surface area contributed by atoms with Crippen molar-refractivity contribution in [1.29, 1.82) is 0 Å². The number of carbonyl (C=O) groups is 1. The summed E-state index contributed by atoms with van der Waals surface area (Å²) in [5, 5.41) is 6.94. The van der Waals surface area contributed by atoms with Gasteiger partial charge in [-0.3, -0.25) is 4.79 Å². The van der Waals surface area contributed by atoms with Crippen LogP contribution in [0, 0.1) is 0 Å². The van der Waals surface area contributed by atoms with Crippen LogP contribution in [0.3, 0.4) is 0 Å². The van der Waals surface area contributed by atoms with Gasteiger partial charge in [-0.2, -0.15) is 0 Å². The molecule has 2 N–H and O–H groups in total. The molecule has 0 fully saturated rings. The second kappa shape index (κ2) is 6.18. The van der Waals surface area contributed by atoms with Crippen molar-refractivity contribution in [3.05, 3.63) is 62.6 Å². The Bertz CT molecular complexity index is 703. The lowest BCUT2D eigenvalue weighted by molar-refractivity contribution is 0.102. The Labute approximate surface area is 136 Å². The molecule has 1 heterocycles. The summed E-state index contributed by atoms with van der Waals surface area (Å²) in [6, 6.07) is 11.2. The molecular formula is C16H14BrClN2O. The van der Waals surface area contributed by atoms with Gasteiger partial charge in [0.05, 0.1) is 5.56 Å². The van der Waals surface area contributed by atoms with Gasteiger partial charge < -0.3 is 10.6 Å². The number of hydrogen-bond acceptors (Lipinski definition) is 2. The molecule has 21 heavy (non-hydrogen) atoms. The zero-order valence-electron chi connectivity index (χ0n) is 11.2. The Morgan fingerprint density at radius 2 is 2.14 bits per heavy atom. The van der Waals surface area contributed by atoms with Crippen LogP contribution in [-0.2, 0) is 13.0 Å². The van der Waals surface area contributed by atoms with Crippen molar-refractivity contribution in [2.45, 2.75) is 13.0 Å². The zero-order valence-corrected chi connectivity index (χ0v) is 13.6. The van der Waals surface area contributed by atoms with Gasteiger partial charge in [0, 0.05) is 21.7 Å². The van der Waals surface area contributed by atoms with Gasteiger partial charge in [-0.05, 0) is 64.3 Å². The van der Waals surface area contributed by atoms with Crippen LogP contribution in [0.15, 0.2) is 40.9 Å². The van der Waals surface area contributed by atoms with E-state index in [0.29, 0.717) is 15.1 Å². The number of rotatable bonds is 2. The van der Waals surface area contributed by atoms with Gasteiger partial charge >= 0.3 is 0 Å². The number of hydrogen-bond donors (Lipinski definition) is 2. The molecule has 0 unspecified atom stereocenters. The van der Waals surface area contributed by atoms with E-state index in [4.69, 9.17) is 11.6 Å². The molecule has 1 aliphatic heterocycles. The molecule has 0 aromatic heterocycles. The summed E-state index contributed by atoms with van der Waals surface area (Å²) in [4.78, 5) is 12.4. The molecule has 0 atom stereocenters. The molecule has 108 valence electrons.